The highest BCUT2D eigenvalue weighted by atomic mass is 16.2. The van der Waals surface area contributed by atoms with E-state index in [9.17, 15) is 19.2 Å². The molecule has 4 amide bonds. The molecule has 7 nitrogen and oxygen atoms in total. The third-order valence-electron chi connectivity index (χ3n) is 7.12. The first-order chi connectivity index (χ1) is 16.2. The van der Waals surface area contributed by atoms with Crippen molar-refractivity contribution in [2.75, 3.05) is 16.8 Å². The molecule has 2 aromatic rings. The Bertz CT molecular complexity index is 1120. The molecule has 2 N–H and O–H groups in total. The summed E-state index contributed by atoms with van der Waals surface area (Å²) in [5.74, 6) is -0.851. The molecular weight excluding hydrogens is 430 g/mol. The van der Waals surface area contributed by atoms with Gasteiger partial charge in [-0.15, -0.1) is 0 Å². The minimum Gasteiger partial charge on any atom is -0.326 e. The van der Waals surface area contributed by atoms with Gasteiger partial charge in [0, 0.05) is 30.8 Å². The van der Waals surface area contributed by atoms with Gasteiger partial charge in [-0.1, -0.05) is 45.0 Å². The minimum atomic E-state index is -0.737. The van der Waals surface area contributed by atoms with Crippen LogP contribution in [0.15, 0.2) is 48.5 Å². The van der Waals surface area contributed by atoms with Crippen molar-refractivity contribution in [3.8, 4) is 0 Å². The first-order valence-electron chi connectivity index (χ1n) is 11.9. The average Bonchev–Trinajstić information content (AvgIpc) is 3.22. The SMILES string of the molecule is CCC1(c2ccc(NC(=O)C3CC(=O)N(c4cccc(C(C)C)c4)C3)cc2)CCC(=O)NC1=O. The van der Waals surface area contributed by atoms with Gasteiger partial charge in [0.25, 0.3) is 0 Å². The van der Waals surface area contributed by atoms with Gasteiger partial charge in [0.1, 0.15) is 0 Å². The Morgan fingerprint density at radius 2 is 1.88 bits per heavy atom. The number of nitrogens with one attached hydrogen (secondary N) is 2. The van der Waals surface area contributed by atoms with Gasteiger partial charge in [-0.2, -0.15) is 0 Å². The fraction of sp³-hybridized carbons (Fsp3) is 0.407. The number of nitrogens with zero attached hydrogens (tertiary/aromatic N) is 1. The van der Waals surface area contributed by atoms with E-state index in [1.54, 1.807) is 17.0 Å². The first-order valence-corrected chi connectivity index (χ1v) is 11.9. The second-order valence-corrected chi connectivity index (χ2v) is 9.53. The van der Waals surface area contributed by atoms with Crippen LogP contribution in [-0.2, 0) is 24.6 Å². The van der Waals surface area contributed by atoms with E-state index in [0.29, 0.717) is 37.4 Å². The number of carbonyl (C=O) groups excluding carboxylic acids is 4. The summed E-state index contributed by atoms with van der Waals surface area (Å²) in [6.07, 6.45) is 1.53. The number of hydrogen-bond acceptors (Lipinski definition) is 4. The predicted molar refractivity (Wildman–Crippen MR) is 130 cm³/mol. The minimum absolute atomic E-state index is 0.0563. The van der Waals surface area contributed by atoms with Crippen LogP contribution in [0, 0.1) is 5.92 Å². The maximum absolute atomic E-state index is 12.9. The number of carbonyl (C=O) groups is 4. The maximum Gasteiger partial charge on any atom is 0.237 e. The van der Waals surface area contributed by atoms with Crippen molar-refractivity contribution >= 4 is 35.0 Å². The molecule has 2 fully saturated rings. The summed E-state index contributed by atoms with van der Waals surface area (Å²) in [4.78, 5) is 51.4. The molecule has 0 aromatic heterocycles. The molecule has 0 aliphatic carbocycles. The highest BCUT2D eigenvalue weighted by molar-refractivity contribution is 6.04. The number of imide groups is 1. The van der Waals surface area contributed by atoms with Crippen LogP contribution in [0.1, 0.15) is 63.5 Å². The second-order valence-electron chi connectivity index (χ2n) is 9.53. The van der Waals surface area contributed by atoms with Crippen molar-refractivity contribution < 1.29 is 19.2 Å². The highest BCUT2D eigenvalue weighted by Gasteiger charge is 2.42. The molecule has 2 unspecified atom stereocenters. The zero-order valence-corrected chi connectivity index (χ0v) is 19.9. The quantitative estimate of drug-likeness (QED) is 0.638. The van der Waals surface area contributed by atoms with Crippen LogP contribution >= 0.6 is 0 Å². The monoisotopic (exact) mass is 461 g/mol. The number of amides is 4. The lowest BCUT2D eigenvalue weighted by atomic mass is 9.72. The van der Waals surface area contributed by atoms with Gasteiger partial charge in [-0.3, -0.25) is 24.5 Å². The lowest BCUT2D eigenvalue weighted by Crippen LogP contribution is -2.51. The third kappa shape index (κ3) is 4.47. The Morgan fingerprint density at radius 3 is 2.53 bits per heavy atom. The third-order valence-corrected chi connectivity index (χ3v) is 7.12. The molecule has 4 rings (SSSR count). The molecule has 2 aromatic carbocycles. The number of hydrogen-bond donors (Lipinski definition) is 2. The molecule has 2 aliphatic rings. The van der Waals surface area contributed by atoms with E-state index in [1.807, 2.05) is 43.3 Å². The number of piperidine rings is 1. The topological polar surface area (TPSA) is 95.6 Å². The van der Waals surface area contributed by atoms with Gasteiger partial charge in [-0.25, -0.2) is 0 Å². The van der Waals surface area contributed by atoms with Crippen LogP contribution in [0.3, 0.4) is 0 Å². The summed E-state index contributed by atoms with van der Waals surface area (Å²) in [7, 11) is 0. The zero-order chi connectivity index (χ0) is 24.5. The predicted octanol–water partition coefficient (Wildman–Crippen LogP) is 3.89. The van der Waals surface area contributed by atoms with Crippen LogP contribution < -0.4 is 15.5 Å². The summed E-state index contributed by atoms with van der Waals surface area (Å²) in [5, 5.41) is 5.36. The Balaban J connectivity index is 1.43. The second kappa shape index (κ2) is 9.41. The Kier molecular flexibility index (Phi) is 6.55. The van der Waals surface area contributed by atoms with Crippen molar-refractivity contribution in [1.82, 2.24) is 5.32 Å². The lowest BCUT2D eigenvalue weighted by molar-refractivity contribution is -0.138. The van der Waals surface area contributed by atoms with Crippen molar-refractivity contribution in [1.29, 1.82) is 0 Å². The van der Waals surface area contributed by atoms with E-state index in [1.165, 1.54) is 0 Å². The highest BCUT2D eigenvalue weighted by Crippen LogP contribution is 2.36. The summed E-state index contributed by atoms with van der Waals surface area (Å²) in [6, 6.07) is 15.1. The fourth-order valence-corrected chi connectivity index (χ4v) is 4.87. The van der Waals surface area contributed by atoms with Crippen LogP contribution in [0.2, 0.25) is 0 Å². The number of anilines is 2. The maximum atomic E-state index is 12.9. The lowest BCUT2D eigenvalue weighted by Gasteiger charge is -2.35. The van der Waals surface area contributed by atoms with Crippen molar-refractivity contribution in [3.63, 3.8) is 0 Å². The van der Waals surface area contributed by atoms with Crippen molar-refractivity contribution in [2.24, 2.45) is 5.92 Å². The van der Waals surface area contributed by atoms with Crippen LogP contribution in [-0.4, -0.2) is 30.2 Å². The molecule has 0 radical (unpaired) electrons. The van der Waals surface area contributed by atoms with Gasteiger partial charge < -0.3 is 10.2 Å². The largest absolute Gasteiger partial charge is 0.326 e. The molecule has 34 heavy (non-hydrogen) atoms. The van der Waals surface area contributed by atoms with Gasteiger partial charge in [0.15, 0.2) is 0 Å². The standard InChI is InChI=1S/C27H31N3O4/c1-4-27(13-12-23(31)29-26(27)34)20-8-10-21(11-9-20)28-25(33)19-15-24(32)30(16-19)22-7-5-6-18(14-22)17(2)3/h5-11,14,17,19H,4,12-13,15-16H2,1-3H3,(H,28,33)(H,29,31,34). The first kappa shape index (κ1) is 23.7. The molecule has 2 heterocycles. The molecule has 7 heteroatoms. The van der Waals surface area contributed by atoms with E-state index >= 15 is 0 Å². The molecule has 2 aliphatic heterocycles. The van der Waals surface area contributed by atoms with Crippen molar-refractivity contribution in [2.45, 2.75) is 57.8 Å². The normalized spacial score (nSPS) is 22.8. The van der Waals surface area contributed by atoms with E-state index in [0.717, 1.165) is 16.8 Å². The molecule has 0 bridgehead atoms. The van der Waals surface area contributed by atoms with Crippen LogP contribution in [0.4, 0.5) is 11.4 Å². The molecular formula is C27H31N3O4. The summed E-state index contributed by atoms with van der Waals surface area (Å²) < 4.78 is 0. The van der Waals surface area contributed by atoms with E-state index in [-0.39, 0.29) is 30.0 Å². The van der Waals surface area contributed by atoms with Crippen molar-refractivity contribution in [3.05, 3.63) is 59.7 Å². The molecule has 0 spiro atoms. The molecule has 0 saturated carbocycles. The average molecular weight is 462 g/mol. The van der Waals surface area contributed by atoms with Crippen LogP contribution in [0.25, 0.3) is 0 Å². The smallest absolute Gasteiger partial charge is 0.237 e. The van der Waals surface area contributed by atoms with Gasteiger partial charge in [0.2, 0.25) is 23.6 Å². The summed E-state index contributed by atoms with van der Waals surface area (Å²) in [6.45, 7) is 6.49. The molecule has 2 saturated heterocycles. The Hall–Kier alpha value is -3.48. The Morgan fingerprint density at radius 1 is 1.15 bits per heavy atom. The van der Waals surface area contributed by atoms with E-state index in [4.69, 9.17) is 0 Å². The number of benzene rings is 2. The van der Waals surface area contributed by atoms with Gasteiger partial charge in [-0.05, 0) is 54.2 Å². The zero-order valence-electron chi connectivity index (χ0n) is 19.9. The molecule has 178 valence electrons. The molecule has 2 atom stereocenters. The summed E-state index contributed by atoms with van der Waals surface area (Å²) >= 11 is 0. The van der Waals surface area contributed by atoms with Crippen LogP contribution in [0.5, 0.6) is 0 Å². The van der Waals surface area contributed by atoms with Gasteiger partial charge >= 0.3 is 0 Å². The van der Waals surface area contributed by atoms with E-state index < -0.39 is 11.3 Å². The van der Waals surface area contributed by atoms with E-state index in [2.05, 4.69) is 24.5 Å². The Labute approximate surface area is 199 Å². The number of rotatable bonds is 6. The fourth-order valence-electron chi connectivity index (χ4n) is 4.87. The summed E-state index contributed by atoms with van der Waals surface area (Å²) in [5.41, 5.74) is 2.67. The van der Waals surface area contributed by atoms with Gasteiger partial charge in [0.05, 0.1) is 11.3 Å².